The van der Waals surface area contributed by atoms with Gasteiger partial charge in [-0.1, -0.05) is 30.7 Å². The van der Waals surface area contributed by atoms with E-state index in [1.807, 2.05) is 0 Å². The SMILES string of the molecule is CCC(=O)Nc1cc(-c2ccc(Cl)cc2)nn(CC(=O)Nc2ccc(F)cc2)c1=O. The molecule has 2 N–H and O–H groups in total. The molecule has 2 aromatic carbocycles. The molecule has 3 aromatic rings. The average molecular weight is 429 g/mol. The Morgan fingerprint density at radius 2 is 1.70 bits per heavy atom. The van der Waals surface area contributed by atoms with Gasteiger partial charge in [-0.15, -0.1) is 0 Å². The number of carbonyl (C=O) groups excluding carboxylic acids is 2. The third-order valence-electron chi connectivity index (χ3n) is 4.13. The predicted molar refractivity (Wildman–Crippen MR) is 113 cm³/mol. The van der Waals surface area contributed by atoms with Crippen molar-refractivity contribution in [2.75, 3.05) is 10.6 Å². The number of hydrogen-bond acceptors (Lipinski definition) is 4. The van der Waals surface area contributed by atoms with Gasteiger partial charge >= 0.3 is 0 Å². The fraction of sp³-hybridized carbons (Fsp3) is 0.143. The summed E-state index contributed by atoms with van der Waals surface area (Å²) in [6, 6.07) is 13.4. The summed E-state index contributed by atoms with van der Waals surface area (Å²) in [6.07, 6.45) is 0.184. The van der Waals surface area contributed by atoms with E-state index in [2.05, 4.69) is 15.7 Å². The number of carbonyl (C=O) groups is 2. The molecule has 0 saturated carbocycles. The molecule has 0 spiro atoms. The van der Waals surface area contributed by atoms with Gasteiger partial charge in [0.25, 0.3) is 5.56 Å². The molecule has 30 heavy (non-hydrogen) atoms. The Morgan fingerprint density at radius 1 is 1.03 bits per heavy atom. The van der Waals surface area contributed by atoms with Crippen molar-refractivity contribution in [1.29, 1.82) is 0 Å². The zero-order valence-corrected chi connectivity index (χ0v) is 16.7. The molecule has 2 amide bonds. The van der Waals surface area contributed by atoms with Crippen LogP contribution in [0.4, 0.5) is 15.8 Å². The summed E-state index contributed by atoms with van der Waals surface area (Å²) in [7, 11) is 0. The standard InChI is InChI=1S/C21H18ClFN4O3/c1-2-19(28)25-18-11-17(13-3-5-14(22)6-4-13)26-27(21(18)30)12-20(29)24-16-9-7-15(23)8-10-16/h3-11H,2,12H2,1H3,(H,24,29)(H,25,28). The van der Waals surface area contributed by atoms with E-state index >= 15 is 0 Å². The lowest BCUT2D eigenvalue weighted by molar-refractivity contribution is -0.117. The van der Waals surface area contributed by atoms with E-state index in [1.54, 1.807) is 31.2 Å². The number of rotatable bonds is 6. The largest absolute Gasteiger partial charge is 0.324 e. The Bertz CT molecular complexity index is 1130. The molecule has 9 heteroatoms. The van der Waals surface area contributed by atoms with Crippen LogP contribution < -0.4 is 16.2 Å². The fourth-order valence-electron chi connectivity index (χ4n) is 2.61. The number of halogens is 2. The van der Waals surface area contributed by atoms with Gasteiger partial charge in [-0.25, -0.2) is 9.07 Å². The molecule has 1 aromatic heterocycles. The van der Waals surface area contributed by atoms with Crippen molar-refractivity contribution in [3.63, 3.8) is 0 Å². The van der Waals surface area contributed by atoms with Crippen LogP contribution in [0.3, 0.4) is 0 Å². The summed E-state index contributed by atoms with van der Waals surface area (Å²) in [5.41, 5.74) is 0.800. The lowest BCUT2D eigenvalue weighted by Gasteiger charge is -2.12. The molecule has 3 rings (SSSR count). The van der Waals surface area contributed by atoms with Crippen LogP contribution in [0, 0.1) is 5.82 Å². The summed E-state index contributed by atoms with van der Waals surface area (Å²) < 4.78 is 14.0. The lowest BCUT2D eigenvalue weighted by atomic mass is 10.1. The number of anilines is 2. The maximum Gasteiger partial charge on any atom is 0.291 e. The van der Waals surface area contributed by atoms with Crippen LogP contribution in [0.25, 0.3) is 11.3 Å². The molecule has 0 aliphatic heterocycles. The van der Waals surface area contributed by atoms with Gasteiger partial charge in [0.2, 0.25) is 11.8 Å². The highest BCUT2D eigenvalue weighted by atomic mass is 35.5. The van der Waals surface area contributed by atoms with Gasteiger partial charge in [0, 0.05) is 22.7 Å². The molecular weight excluding hydrogens is 411 g/mol. The molecular formula is C21H18ClFN4O3. The first-order valence-corrected chi connectivity index (χ1v) is 9.47. The second kappa shape index (κ2) is 9.32. The number of benzene rings is 2. The maximum atomic E-state index is 13.0. The summed E-state index contributed by atoms with van der Waals surface area (Å²) in [5.74, 6) is -1.31. The molecule has 154 valence electrons. The van der Waals surface area contributed by atoms with E-state index < -0.39 is 23.8 Å². The lowest BCUT2D eigenvalue weighted by Crippen LogP contribution is -2.32. The minimum atomic E-state index is -0.622. The van der Waals surface area contributed by atoms with Gasteiger partial charge in [-0.05, 0) is 42.5 Å². The van der Waals surface area contributed by atoms with Crippen molar-refractivity contribution in [2.24, 2.45) is 0 Å². The Morgan fingerprint density at radius 3 is 2.33 bits per heavy atom. The fourth-order valence-corrected chi connectivity index (χ4v) is 2.73. The van der Waals surface area contributed by atoms with E-state index in [-0.39, 0.29) is 18.0 Å². The van der Waals surface area contributed by atoms with Gasteiger partial charge in [0.15, 0.2) is 0 Å². The third kappa shape index (κ3) is 5.30. The first kappa shape index (κ1) is 21.2. The van der Waals surface area contributed by atoms with Gasteiger partial charge < -0.3 is 10.6 Å². The normalized spacial score (nSPS) is 10.5. The first-order chi connectivity index (χ1) is 14.4. The summed E-state index contributed by atoms with van der Waals surface area (Å²) >= 11 is 5.92. The topological polar surface area (TPSA) is 93.1 Å². The Kier molecular flexibility index (Phi) is 6.58. The van der Waals surface area contributed by atoms with E-state index in [4.69, 9.17) is 11.6 Å². The minimum absolute atomic E-state index is 0.0105. The van der Waals surface area contributed by atoms with Gasteiger partial charge in [-0.3, -0.25) is 14.4 Å². The molecule has 7 nitrogen and oxygen atoms in total. The van der Waals surface area contributed by atoms with Crippen molar-refractivity contribution in [1.82, 2.24) is 9.78 Å². The van der Waals surface area contributed by atoms with Crippen molar-refractivity contribution in [3.8, 4) is 11.3 Å². The summed E-state index contributed by atoms with van der Waals surface area (Å²) in [5, 5.41) is 9.90. The molecule has 0 bridgehead atoms. The smallest absolute Gasteiger partial charge is 0.291 e. The van der Waals surface area contributed by atoms with Crippen LogP contribution in [-0.4, -0.2) is 21.6 Å². The van der Waals surface area contributed by atoms with Crippen LogP contribution in [0.2, 0.25) is 5.02 Å². The van der Waals surface area contributed by atoms with Crippen LogP contribution in [-0.2, 0) is 16.1 Å². The number of aromatic nitrogens is 2. The second-order valence-electron chi connectivity index (χ2n) is 6.37. The first-order valence-electron chi connectivity index (χ1n) is 9.09. The van der Waals surface area contributed by atoms with Crippen molar-refractivity contribution in [3.05, 3.63) is 75.8 Å². The van der Waals surface area contributed by atoms with Crippen LogP contribution in [0.5, 0.6) is 0 Å². The number of nitrogens with zero attached hydrogens (tertiary/aromatic N) is 2. The average Bonchev–Trinajstić information content (AvgIpc) is 2.73. The molecule has 0 atom stereocenters. The molecule has 0 unspecified atom stereocenters. The predicted octanol–water partition coefficient (Wildman–Crippen LogP) is 3.69. The van der Waals surface area contributed by atoms with Gasteiger partial charge in [0.05, 0.1) is 5.69 Å². The Balaban J connectivity index is 1.93. The van der Waals surface area contributed by atoms with E-state index in [9.17, 15) is 18.8 Å². The van der Waals surface area contributed by atoms with E-state index in [0.717, 1.165) is 4.68 Å². The zero-order valence-electron chi connectivity index (χ0n) is 16.0. The number of nitrogens with one attached hydrogen (secondary N) is 2. The summed E-state index contributed by atoms with van der Waals surface area (Å²) in [4.78, 5) is 36.9. The van der Waals surface area contributed by atoms with Crippen molar-refractivity contribution < 1.29 is 14.0 Å². The monoisotopic (exact) mass is 428 g/mol. The quantitative estimate of drug-likeness (QED) is 0.626. The van der Waals surface area contributed by atoms with Crippen molar-refractivity contribution in [2.45, 2.75) is 19.9 Å². The number of amides is 2. The number of hydrogen-bond donors (Lipinski definition) is 2. The second-order valence-corrected chi connectivity index (χ2v) is 6.81. The van der Waals surface area contributed by atoms with Crippen LogP contribution >= 0.6 is 11.6 Å². The third-order valence-corrected chi connectivity index (χ3v) is 4.38. The molecule has 0 radical (unpaired) electrons. The Hall–Kier alpha value is -3.52. The van der Waals surface area contributed by atoms with Crippen LogP contribution in [0.15, 0.2) is 59.4 Å². The van der Waals surface area contributed by atoms with Gasteiger partial charge in [0.1, 0.15) is 18.0 Å². The highest BCUT2D eigenvalue weighted by Crippen LogP contribution is 2.21. The molecule has 0 saturated heterocycles. The van der Waals surface area contributed by atoms with Crippen LogP contribution in [0.1, 0.15) is 13.3 Å². The van der Waals surface area contributed by atoms with E-state index in [1.165, 1.54) is 30.3 Å². The molecule has 0 aliphatic carbocycles. The maximum absolute atomic E-state index is 13.0. The van der Waals surface area contributed by atoms with Crippen molar-refractivity contribution >= 4 is 34.8 Å². The highest BCUT2D eigenvalue weighted by molar-refractivity contribution is 6.30. The van der Waals surface area contributed by atoms with E-state index in [0.29, 0.717) is 22.0 Å². The highest BCUT2D eigenvalue weighted by Gasteiger charge is 2.14. The minimum Gasteiger partial charge on any atom is -0.324 e. The summed E-state index contributed by atoms with van der Waals surface area (Å²) in [6.45, 7) is 1.26. The Labute approximate surface area is 176 Å². The zero-order chi connectivity index (χ0) is 21.7. The van der Waals surface area contributed by atoms with Gasteiger partial charge in [-0.2, -0.15) is 5.10 Å². The molecule has 1 heterocycles. The molecule has 0 fully saturated rings. The molecule has 0 aliphatic rings.